The van der Waals surface area contributed by atoms with E-state index in [-0.39, 0.29) is 11.6 Å². The van der Waals surface area contributed by atoms with E-state index in [4.69, 9.17) is 4.74 Å². The Bertz CT molecular complexity index is 579. The third kappa shape index (κ3) is 2.29. The molecule has 0 bridgehead atoms. The summed E-state index contributed by atoms with van der Waals surface area (Å²) >= 11 is 0. The van der Waals surface area contributed by atoms with E-state index in [0.717, 1.165) is 5.56 Å². The van der Waals surface area contributed by atoms with E-state index in [9.17, 15) is 9.90 Å². The lowest BCUT2D eigenvalue weighted by molar-refractivity contribution is 0.0697. The van der Waals surface area contributed by atoms with Gasteiger partial charge in [-0.05, 0) is 18.6 Å². The van der Waals surface area contributed by atoms with Gasteiger partial charge in [0.15, 0.2) is 0 Å². The summed E-state index contributed by atoms with van der Waals surface area (Å²) in [5.41, 5.74) is 2.37. The van der Waals surface area contributed by atoms with Gasteiger partial charge >= 0.3 is 12.0 Å². The molecule has 0 fully saturated rings. The highest BCUT2D eigenvalue weighted by Crippen LogP contribution is 2.24. The van der Waals surface area contributed by atoms with Crippen LogP contribution in [0.3, 0.4) is 0 Å². The van der Waals surface area contributed by atoms with Gasteiger partial charge in [0, 0.05) is 18.0 Å². The van der Waals surface area contributed by atoms with Crippen molar-refractivity contribution < 1.29 is 14.6 Å². The second-order valence-electron chi connectivity index (χ2n) is 3.81. The zero-order chi connectivity index (χ0) is 13.1. The van der Waals surface area contributed by atoms with Crippen LogP contribution < -0.4 is 4.74 Å². The second-order valence-corrected chi connectivity index (χ2v) is 3.81. The number of carbonyl (C=O) groups is 1. The first-order valence-corrected chi connectivity index (χ1v) is 5.32. The number of benzene rings is 1. The molecule has 18 heavy (non-hydrogen) atoms. The Morgan fingerprint density at radius 1 is 1.28 bits per heavy atom. The molecule has 0 saturated heterocycles. The topological polar surface area (TPSA) is 72.3 Å². The third-order valence-corrected chi connectivity index (χ3v) is 2.53. The van der Waals surface area contributed by atoms with Crippen LogP contribution in [0.2, 0.25) is 0 Å². The molecule has 2 aromatic rings. The van der Waals surface area contributed by atoms with Gasteiger partial charge in [-0.25, -0.2) is 14.8 Å². The van der Waals surface area contributed by atoms with Crippen molar-refractivity contribution in [1.82, 2.24) is 9.97 Å². The highest BCUT2D eigenvalue weighted by Gasteiger charge is 2.12. The number of hydrogen-bond donors (Lipinski definition) is 1. The fraction of sp³-hybridized carbons (Fsp3) is 0.154. The average molecular weight is 244 g/mol. The van der Waals surface area contributed by atoms with E-state index >= 15 is 0 Å². The van der Waals surface area contributed by atoms with Gasteiger partial charge in [-0.2, -0.15) is 0 Å². The number of nitrogens with zero attached hydrogens (tertiary/aromatic N) is 2. The Balaban J connectivity index is 2.52. The predicted octanol–water partition coefficient (Wildman–Crippen LogP) is 2.16. The number of methoxy groups -OCH3 is 1. The molecule has 1 N–H and O–H groups in total. The van der Waals surface area contributed by atoms with Gasteiger partial charge in [-0.15, -0.1) is 0 Å². The molecule has 0 aliphatic rings. The highest BCUT2D eigenvalue weighted by molar-refractivity contribution is 5.96. The molecule has 0 saturated carbocycles. The van der Waals surface area contributed by atoms with Crippen molar-refractivity contribution in [1.29, 1.82) is 0 Å². The molecule has 0 spiro atoms. The van der Waals surface area contributed by atoms with Crippen LogP contribution in [0.25, 0.3) is 11.1 Å². The summed E-state index contributed by atoms with van der Waals surface area (Å²) in [4.78, 5) is 19.1. The molecule has 0 aliphatic carbocycles. The van der Waals surface area contributed by atoms with E-state index in [0.29, 0.717) is 11.1 Å². The lowest BCUT2D eigenvalue weighted by atomic mass is 10.00. The van der Waals surface area contributed by atoms with E-state index in [1.54, 1.807) is 24.5 Å². The second kappa shape index (κ2) is 4.83. The first-order chi connectivity index (χ1) is 8.61. The van der Waals surface area contributed by atoms with Crippen molar-refractivity contribution in [3.8, 4) is 17.1 Å². The highest BCUT2D eigenvalue weighted by atomic mass is 16.5. The summed E-state index contributed by atoms with van der Waals surface area (Å²) in [5, 5.41) is 9.19. The molecular weight excluding hydrogens is 232 g/mol. The van der Waals surface area contributed by atoms with Crippen LogP contribution in [0, 0.1) is 6.92 Å². The normalized spacial score (nSPS) is 10.1. The van der Waals surface area contributed by atoms with Crippen LogP contribution in [0.1, 0.15) is 15.9 Å². The van der Waals surface area contributed by atoms with Crippen molar-refractivity contribution in [3.05, 3.63) is 41.7 Å². The van der Waals surface area contributed by atoms with Crippen molar-refractivity contribution in [2.75, 3.05) is 7.11 Å². The zero-order valence-corrected chi connectivity index (χ0v) is 10.0. The van der Waals surface area contributed by atoms with E-state index in [1.807, 2.05) is 13.0 Å². The predicted molar refractivity (Wildman–Crippen MR) is 65.7 cm³/mol. The summed E-state index contributed by atoms with van der Waals surface area (Å²) in [7, 11) is 1.48. The Hall–Kier alpha value is -2.43. The standard InChI is InChI=1S/C13H12N2O3/c1-8-3-4-10(11(5-8)12(16)17)9-6-14-13(18-2)15-7-9/h3-7H,1-2H3,(H,16,17). The number of aromatic carboxylic acids is 1. The molecule has 0 radical (unpaired) electrons. The van der Waals surface area contributed by atoms with Crippen molar-refractivity contribution in [3.63, 3.8) is 0 Å². The maximum absolute atomic E-state index is 11.2. The van der Waals surface area contributed by atoms with Gasteiger partial charge < -0.3 is 9.84 Å². The smallest absolute Gasteiger partial charge is 0.336 e. The molecule has 0 aliphatic heterocycles. The lowest BCUT2D eigenvalue weighted by Gasteiger charge is -2.07. The quantitative estimate of drug-likeness (QED) is 0.895. The van der Waals surface area contributed by atoms with Gasteiger partial charge in [0.05, 0.1) is 12.7 Å². The first-order valence-electron chi connectivity index (χ1n) is 5.32. The Morgan fingerprint density at radius 3 is 2.50 bits per heavy atom. The summed E-state index contributed by atoms with van der Waals surface area (Å²) in [5.74, 6) is -0.968. The number of aromatic nitrogens is 2. The summed E-state index contributed by atoms with van der Waals surface area (Å²) < 4.78 is 4.86. The third-order valence-electron chi connectivity index (χ3n) is 2.53. The molecule has 5 heteroatoms. The molecule has 1 aromatic carbocycles. The fourth-order valence-corrected chi connectivity index (χ4v) is 1.65. The van der Waals surface area contributed by atoms with Gasteiger partial charge in [0.1, 0.15) is 0 Å². The van der Waals surface area contributed by atoms with Crippen LogP contribution in [0.15, 0.2) is 30.6 Å². The summed E-state index contributed by atoms with van der Waals surface area (Å²) in [6.07, 6.45) is 3.09. The maximum Gasteiger partial charge on any atom is 0.336 e. The van der Waals surface area contributed by atoms with E-state index in [1.165, 1.54) is 7.11 Å². The average Bonchev–Trinajstić information content (AvgIpc) is 2.39. The molecule has 92 valence electrons. The number of carboxylic acids is 1. The summed E-state index contributed by atoms with van der Waals surface area (Å²) in [6.45, 7) is 1.85. The van der Waals surface area contributed by atoms with Crippen LogP contribution in [-0.4, -0.2) is 28.2 Å². The van der Waals surface area contributed by atoms with Crippen molar-refractivity contribution in [2.45, 2.75) is 6.92 Å². The lowest BCUT2D eigenvalue weighted by Crippen LogP contribution is -2.01. The van der Waals surface area contributed by atoms with Gasteiger partial charge in [0.25, 0.3) is 0 Å². The molecule has 0 amide bonds. The Kier molecular flexibility index (Phi) is 3.23. The van der Waals surface area contributed by atoms with Gasteiger partial charge in [0.2, 0.25) is 0 Å². The maximum atomic E-state index is 11.2. The SMILES string of the molecule is COc1ncc(-c2ccc(C)cc2C(=O)O)cn1. The van der Waals surface area contributed by atoms with Crippen LogP contribution in [0.4, 0.5) is 0 Å². The molecule has 2 rings (SSSR count). The minimum atomic E-state index is -0.968. The molecule has 1 heterocycles. The largest absolute Gasteiger partial charge is 0.478 e. The molecule has 5 nitrogen and oxygen atoms in total. The minimum Gasteiger partial charge on any atom is -0.478 e. The number of aryl methyl sites for hydroxylation is 1. The zero-order valence-electron chi connectivity index (χ0n) is 10.0. The van der Waals surface area contributed by atoms with Crippen molar-refractivity contribution in [2.24, 2.45) is 0 Å². The summed E-state index contributed by atoms with van der Waals surface area (Å²) in [6, 6.07) is 5.49. The molecule has 1 aromatic heterocycles. The molecule has 0 unspecified atom stereocenters. The van der Waals surface area contributed by atoms with E-state index in [2.05, 4.69) is 9.97 Å². The molecular formula is C13H12N2O3. The minimum absolute atomic E-state index is 0.240. The van der Waals surface area contributed by atoms with Crippen LogP contribution in [0.5, 0.6) is 6.01 Å². The molecule has 0 atom stereocenters. The van der Waals surface area contributed by atoms with Gasteiger partial charge in [-0.3, -0.25) is 0 Å². The van der Waals surface area contributed by atoms with E-state index < -0.39 is 5.97 Å². The first kappa shape index (κ1) is 12.0. The van der Waals surface area contributed by atoms with Gasteiger partial charge in [-0.1, -0.05) is 17.7 Å². The number of hydrogen-bond acceptors (Lipinski definition) is 4. The van der Waals surface area contributed by atoms with Crippen LogP contribution >= 0.6 is 0 Å². The Morgan fingerprint density at radius 2 is 1.94 bits per heavy atom. The number of carboxylic acid groups (broad SMARTS) is 1. The Labute approximate surface area is 104 Å². The monoisotopic (exact) mass is 244 g/mol. The van der Waals surface area contributed by atoms with Crippen LogP contribution in [-0.2, 0) is 0 Å². The fourth-order valence-electron chi connectivity index (χ4n) is 1.65. The number of ether oxygens (including phenoxy) is 1. The van der Waals surface area contributed by atoms with Crippen molar-refractivity contribution >= 4 is 5.97 Å². The number of rotatable bonds is 3.